The standard InChI is InChI=1S/C18H18N2O2S2/c1-12(16-9-6-10-23-16)20(2)18(21)14-11-24-17(19-14)13-7-4-5-8-15(13)22-3/h4-12H,1-3H3. The summed E-state index contributed by atoms with van der Waals surface area (Å²) in [6.45, 7) is 2.03. The smallest absolute Gasteiger partial charge is 0.273 e. The van der Waals surface area contributed by atoms with Crippen LogP contribution in [0.25, 0.3) is 10.6 Å². The minimum absolute atomic E-state index is 0.0221. The van der Waals surface area contributed by atoms with Gasteiger partial charge in [0.25, 0.3) is 5.91 Å². The molecule has 2 aromatic heterocycles. The van der Waals surface area contributed by atoms with Gasteiger partial charge in [-0.3, -0.25) is 4.79 Å². The summed E-state index contributed by atoms with van der Waals surface area (Å²) in [6.07, 6.45) is 0. The van der Waals surface area contributed by atoms with Crippen LogP contribution in [0, 0.1) is 0 Å². The first-order chi connectivity index (χ1) is 11.6. The molecule has 0 radical (unpaired) electrons. The molecule has 3 aromatic rings. The van der Waals surface area contributed by atoms with Crippen molar-refractivity contribution in [2.24, 2.45) is 0 Å². The molecule has 3 rings (SSSR count). The SMILES string of the molecule is COc1ccccc1-c1nc(C(=O)N(C)C(C)c2cccs2)cs1. The van der Waals surface area contributed by atoms with E-state index in [0.717, 1.165) is 21.2 Å². The Morgan fingerprint density at radius 2 is 2.00 bits per heavy atom. The molecule has 0 saturated heterocycles. The third kappa shape index (κ3) is 3.20. The molecule has 0 N–H and O–H groups in total. The molecule has 124 valence electrons. The minimum Gasteiger partial charge on any atom is -0.496 e. The zero-order valence-corrected chi connectivity index (χ0v) is 15.4. The summed E-state index contributed by atoms with van der Waals surface area (Å²) in [5.74, 6) is 0.680. The van der Waals surface area contributed by atoms with Crippen LogP contribution in [0.2, 0.25) is 0 Å². The van der Waals surface area contributed by atoms with E-state index in [1.807, 2.05) is 61.1 Å². The summed E-state index contributed by atoms with van der Waals surface area (Å²) < 4.78 is 5.38. The summed E-state index contributed by atoms with van der Waals surface area (Å²) in [5.41, 5.74) is 1.37. The lowest BCUT2D eigenvalue weighted by molar-refractivity contribution is 0.0740. The number of hydrogen-bond acceptors (Lipinski definition) is 5. The second kappa shape index (κ2) is 7.15. The Labute approximate surface area is 149 Å². The molecule has 0 aliphatic rings. The van der Waals surface area contributed by atoms with Gasteiger partial charge in [-0.25, -0.2) is 4.98 Å². The molecule has 0 saturated carbocycles. The van der Waals surface area contributed by atoms with Gasteiger partial charge in [-0.1, -0.05) is 18.2 Å². The van der Waals surface area contributed by atoms with Gasteiger partial charge in [0, 0.05) is 17.3 Å². The number of carbonyl (C=O) groups excluding carboxylic acids is 1. The molecule has 24 heavy (non-hydrogen) atoms. The first kappa shape index (κ1) is 16.7. The van der Waals surface area contributed by atoms with Crippen molar-refractivity contribution in [3.05, 3.63) is 57.7 Å². The molecule has 0 spiro atoms. The zero-order valence-electron chi connectivity index (χ0n) is 13.7. The average Bonchev–Trinajstić information content (AvgIpc) is 3.31. The highest BCUT2D eigenvalue weighted by Gasteiger charge is 2.22. The summed E-state index contributed by atoms with van der Waals surface area (Å²) in [5, 5.41) is 4.61. The van der Waals surface area contributed by atoms with Crippen molar-refractivity contribution in [2.75, 3.05) is 14.2 Å². The fourth-order valence-corrected chi connectivity index (χ4v) is 4.04. The third-order valence-corrected chi connectivity index (χ3v) is 5.84. The lowest BCUT2D eigenvalue weighted by atomic mass is 10.2. The Bertz CT molecular complexity index is 827. The maximum Gasteiger partial charge on any atom is 0.273 e. The molecule has 2 heterocycles. The van der Waals surface area contributed by atoms with E-state index in [0.29, 0.717) is 5.69 Å². The lowest BCUT2D eigenvalue weighted by Crippen LogP contribution is -2.29. The summed E-state index contributed by atoms with van der Waals surface area (Å²) in [6, 6.07) is 11.8. The molecule has 0 fully saturated rings. The van der Waals surface area contributed by atoms with Crippen LogP contribution in [-0.4, -0.2) is 29.9 Å². The average molecular weight is 358 g/mol. The largest absolute Gasteiger partial charge is 0.496 e. The monoisotopic (exact) mass is 358 g/mol. The van der Waals surface area contributed by atoms with E-state index in [9.17, 15) is 4.79 Å². The van der Waals surface area contributed by atoms with Gasteiger partial charge in [0.05, 0.1) is 18.7 Å². The van der Waals surface area contributed by atoms with Gasteiger partial charge < -0.3 is 9.64 Å². The second-order valence-corrected chi connectivity index (χ2v) is 7.18. The number of ether oxygens (including phenoxy) is 1. The highest BCUT2D eigenvalue weighted by molar-refractivity contribution is 7.13. The fourth-order valence-electron chi connectivity index (χ4n) is 2.39. The van der Waals surface area contributed by atoms with Crippen LogP contribution in [0.1, 0.15) is 28.3 Å². The van der Waals surface area contributed by atoms with Gasteiger partial charge in [-0.15, -0.1) is 22.7 Å². The van der Waals surface area contributed by atoms with Gasteiger partial charge in [-0.05, 0) is 30.5 Å². The van der Waals surface area contributed by atoms with E-state index >= 15 is 0 Å². The van der Waals surface area contributed by atoms with Crippen molar-refractivity contribution in [2.45, 2.75) is 13.0 Å². The maximum absolute atomic E-state index is 12.7. The Kier molecular flexibility index (Phi) is 4.97. The van der Waals surface area contributed by atoms with E-state index in [-0.39, 0.29) is 11.9 Å². The first-order valence-electron chi connectivity index (χ1n) is 7.51. The van der Waals surface area contributed by atoms with E-state index in [1.54, 1.807) is 23.3 Å². The van der Waals surface area contributed by atoms with Gasteiger partial charge in [0.1, 0.15) is 16.5 Å². The summed E-state index contributed by atoms with van der Waals surface area (Å²) in [4.78, 5) is 20.1. The number of amides is 1. The summed E-state index contributed by atoms with van der Waals surface area (Å²) >= 11 is 3.10. The van der Waals surface area contributed by atoms with Crippen molar-refractivity contribution in [3.8, 4) is 16.3 Å². The number of aromatic nitrogens is 1. The fraction of sp³-hybridized carbons (Fsp3) is 0.222. The number of benzene rings is 1. The van der Waals surface area contributed by atoms with Crippen molar-refractivity contribution in [1.29, 1.82) is 0 Å². The van der Waals surface area contributed by atoms with Gasteiger partial charge >= 0.3 is 0 Å². The van der Waals surface area contributed by atoms with Crippen molar-refractivity contribution in [1.82, 2.24) is 9.88 Å². The van der Waals surface area contributed by atoms with Crippen LogP contribution in [0.4, 0.5) is 0 Å². The maximum atomic E-state index is 12.7. The molecule has 4 nitrogen and oxygen atoms in total. The number of para-hydroxylation sites is 1. The Hall–Kier alpha value is -2.18. The van der Waals surface area contributed by atoms with Gasteiger partial charge in [0.2, 0.25) is 0 Å². The Morgan fingerprint density at radius 3 is 2.71 bits per heavy atom. The molecular weight excluding hydrogens is 340 g/mol. The number of rotatable bonds is 5. The first-order valence-corrected chi connectivity index (χ1v) is 9.27. The van der Waals surface area contributed by atoms with E-state index in [4.69, 9.17) is 4.74 Å². The molecule has 1 amide bonds. The van der Waals surface area contributed by atoms with Crippen LogP contribution < -0.4 is 4.74 Å². The predicted octanol–water partition coefficient (Wildman–Crippen LogP) is 4.71. The van der Waals surface area contributed by atoms with Crippen LogP contribution >= 0.6 is 22.7 Å². The lowest BCUT2D eigenvalue weighted by Gasteiger charge is -2.23. The molecule has 1 unspecified atom stereocenters. The number of methoxy groups -OCH3 is 1. The number of carbonyl (C=O) groups is 1. The molecular formula is C18H18N2O2S2. The number of hydrogen-bond donors (Lipinski definition) is 0. The highest BCUT2D eigenvalue weighted by Crippen LogP contribution is 2.32. The number of nitrogens with zero attached hydrogens (tertiary/aromatic N) is 2. The molecule has 1 aromatic carbocycles. The molecule has 0 aliphatic carbocycles. The summed E-state index contributed by atoms with van der Waals surface area (Å²) in [7, 11) is 3.45. The molecule has 0 aliphatic heterocycles. The topological polar surface area (TPSA) is 42.4 Å². The van der Waals surface area contributed by atoms with Crippen LogP contribution in [0.3, 0.4) is 0 Å². The van der Waals surface area contributed by atoms with E-state index < -0.39 is 0 Å². The third-order valence-electron chi connectivity index (χ3n) is 3.92. The van der Waals surface area contributed by atoms with Crippen molar-refractivity contribution in [3.63, 3.8) is 0 Å². The van der Waals surface area contributed by atoms with Crippen molar-refractivity contribution < 1.29 is 9.53 Å². The van der Waals surface area contributed by atoms with E-state index in [1.165, 1.54) is 11.3 Å². The van der Waals surface area contributed by atoms with Crippen molar-refractivity contribution >= 4 is 28.6 Å². The number of thiazole rings is 1. The van der Waals surface area contributed by atoms with E-state index in [2.05, 4.69) is 4.98 Å². The van der Waals surface area contributed by atoms with Crippen LogP contribution in [-0.2, 0) is 0 Å². The van der Waals surface area contributed by atoms with Crippen LogP contribution in [0.5, 0.6) is 5.75 Å². The zero-order chi connectivity index (χ0) is 17.1. The second-order valence-electron chi connectivity index (χ2n) is 5.35. The quantitative estimate of drug-likeness (QED) is 0.663. The highest BCUT2D eigenvalue weighted by atomic mass is 32.1. The van der Waals surface area contributed by atoms with Gasteiger partial charge in [0.15, 0.2) is 0 Å². The molecule has 1 atom stereocenters. The van der Waals surface area contributed by atoms with Gasteiger partial charge in [-0.2, -0.15) is 0 Å². The Balaban J connectivity index is 1.83. The molecule has 0 bridgehead atoms. The minimum atomic E-state index is -0.0757. The normalized spacial score (nSPS) is 12.0. The van der Waals surface area contributed by atoms with Crippen LogP contribution in [0.15, 0.2) is 47.2 Å². The molecule has 6 heteroatoms. The Morgan fingerprint density at radius 1 is 1.21 bits per heavy atom. The number of thiophene rings is 1. The predicted molar refractivity (Wildman–Crippen MR) is 98.9 cm³/mol.